The molecule has 21 heavy (non-hydrogen) atoms. The molecule has 2 N–H and O–H groups in total. The van der Waals surface area contributed by atoms with Crippen LogP contribution in [0, 0.1) is 0 Å². The molecule has 6 nitrogen and oxygen atoms in total. The highest BCUT2D eigenvalue weighted by Crippen LogP contribution is 2.40. The van der Waals surface area contributed by atoms with Crippen LogP contribution in [0.4, 0.5) is 5.82 Å². The van der Waals surface area contributed by atoms with Crippen molar-refractivity contribution in [3.05, 3.63) is 35.7 Å². The number of ether oxygens (including phenoxy) is 1. The standard InChI is InChI=1S/C15H16N4O2/c1-3-16-14-11(9-6-4-5-7-17-9)13(21-2)12-10(19-14)8-18-15(12)20/h4-7H,3,8H2,1-2H3,(H,16,19)(H,18,20). The number of amides is 1. The molecule has 0 aliphatic carbocycles. The summed E-state index contributed by atoms with van der Waals surface area (Å²) in [7, 11) is 1.56. The lowest BCUT2D eigenvalue weighted by Crippen LogP contribution is -2.13. The first-order chi connectivity index (χ1) is 10.3. The third-order valence-electron chi connectivity index (χ3n) is 3.34. The van der Waals surface area contributed by atoms with Gasteiger partial charge in [0.05, 0.1) is 30.6 Å². The fourth-order valence-electron chi connectivity index (χ4n) is 2.47. The highest BCUT2D eigenvalue weighted by molar-refractivity contribution is 6.03. The van der Waals surface area contributed by atoms with E-state index in [-0.39, 0.29) is 5.91 Å². The number of hydrogen-bond acceptors (Lipinski definition) is 5. The van der Waals surface area contributed by atoms with Crippen LogP contribution in [-0.4, -0.2) is 29.5 Å². The van der Waals surface area contributed by atoms with Crippen LogP contribution in [0.3, 0.4) is 0 Å². The predicted molar refractivity (Wildman–Crippen MR) is 79.4 cm³/mol. The minimum absolute atomic E-state index is 0.158. The van der Waals surface area contributed by atoms with Gasteiger partial charge in [-0.1, -0.05) is 6.07 Å². The van der Waals surface area contributed by atoms with Gasteiger partial charge >= 0.3 is 0 Å². The summed E-state index contributed by atoms with van der Waals surface area (Å²) in [6.45, 7) is 3.13. The number of nitrogens with one attached hydrogen (secondary N) is 2. The average Bonchev–Trinajstić information content (AvgIpc) is 2.88. The number of methoxy groups -OCH3 is 1. The molecule has 2 aromatic rings. The van der Waals surface area contributed by atoms with Crippen LogP contribution in [0.15, 0.2) is 24.4 Å². The molecule has 0 bridgehead atoms. The van der Waals surface area contributed by atoms with Crippen LogP contribution in [0.5, 0.6) is 5.75 Å². The molecule has 0 fully saturated rings. The maximum Gasteiger partial charge on any atom is 0.257 e. The summed E-state index contributed by atoms with van der Waals surface area (Å²) >= 11 is 0. The van der Waals surface area contributed by atoms with Gasteiger partial charge in [-0.15, -0.1) is 0 Å². The van der Waals surface area contributed by atoms with Gasteiger partial charge in [-0.2, -0.15) is 0 Å². The van der Waals surface area contributed by atoms with Crippen molar-refractivity contribution in [1.29, 1.82) is 0 Å². The molecule has 1 aliphatic rings. The minimum atomic E-state index is -0.158. The van der Waals surface area contributed by atoms with Crippen molar-refractivity contribution < 1.29 is 9.53 Å². The van der Waals surface area contributed by atoms with Crippen LogP contribution >= 0.6 is 0 Å². The second-order valence-electron chi connectivity index (χ2n) is 4.62. The molecule has 0 spiro atoms. The SMILES string of the molecule is CCNc1nc2c(c(OC)c1-c1ccccn1)C(=O)NC2. The van der Waals surface area contributed by atoms with Crippen molar-refractivity contribution in [2.45, 2.75) is 13.5 Å². The van der Waals surface area contributed by atoms with Crippen LogP contribution < -0.4 is 15.4 Å². The first-order valence-electron chi connectivity index (χ1n) is 6.80. The molecule has 6 heteroatoms. The summed E-state index contributed by atoms with van der Waals surface area (Å²) in [6.07, 6.45) is 1.71. The summed E-state index contributed by atoms with van der Waals surface area (Å²) in [4.78, 5) is 20.9. The summed E-state index contributed by atoms with van der Waals surface area (Å²) in [5.41, 5.74) is 2.64. The van der Waals surface area contributed by atoms with Gasteiger partial charge in [0.1, 0.15) is 17.1 Å². The number of carbonyl (C=O) groups is 1. The van der Waals surface area contributed by atoms with Gasteiger partial charge in [0.15, 0.2) is 0 Å². The fraction of sp³-hybridized carbons (Fsp3) is 0.267. The Hall–Kier alpha value is -2.63. The van der Waals surface area contributed by atoms with Crippen molar-refractivity contribution in [3.8, 4) is 17.0 Å². The van der Waals surface area contributed by atoms with Gasteiger partial charge in [0.25, 0.3) is 5.91 Å². The van der Waals surface area contributed by atoms with Gasteiger partial charge in [-0.3, -0.25) is 9.78 Å². The first kappa shape index (κ1) is 13.4. The smallest absolute Gasteiger partial charge is 0.257 e. The first-order valence-corrected chi connectivity index (χ1v) is 6.80. The van der Waals surface area contributed by atoms with E-state index in [0.29, 0.717) is 29.4 Å². The van der Waals surface area contributed by atoms with Gasteiger partial charge in [0, 0.05) is 12.7 Å². The zero-order valence-electron chi connectivity index (χ0n) is 11.9. The number of hydrogen-bond donors (Lipinski definition) is 2. The number of pyridine rings is 2. The number of aromatic nitrogens is 2. The Balaban J connectivity index is 2.30. The lowest BCUT2D eigenvalue weighted by atomic mass is 10.1. The van der Waals surface area contributed by atoms with E-state index in [4.69, 9.17) is 4.74 Å². The van der Waals surface area contributed by atoms with Crippen molar-refractivity contribution >= 4 is 11.7 Å². The van der Waals surface area contributed by atoms with E-state index >= 15 is 0 Å². The number of nitrogens with zero attached hydrogens (tertiary/aromatic N) is 2. The van der Waals surface area contributed by atoms with Crippen LogP contribution in [-0.2, 0) is 6.54 Å². The molecule has 1 amide bonds. The number of fused-ring (bicyclic) bond motifs is 1. The lowest BCUT2D eigenvalue weighted by Gasteiger charge is -2.16. The van der Waals surface area contributed by atoms with Gasteiger partial charge in [0.2, 0.25) is 0 Å². The second kappa shape index (κ2) is 5.40. The molecular formula is C15H16N4O2. The summed E-state index contributed by atoms with van der Waals surface area (Å²) in [6, 6.07) is 5.61. The predicted octanol–water partition coefficient (Wildman–Crippen LogP) is 1.83. The number of rotatable bonds is 4. The summed E-state index contributed by atoms with van der Waals surface area (Å²) < 4.78 is 5.52. The molecule has 0 unspecified atom stereocenters. The molecule has 0 saturated carbocycles. The van der Waals surface area contributed by atoms with Crippen molar-refractivity contribution in [2.24, 2.45) is 0 Å². The van der Waals surface area contributed by atoms with E-state index in [9.17, 15) is 4.79 Å². The minimum Gasteiger partial charge on any atom is -0.495 e. The van der Waals surface area contributed by atoms with Crippen molar-refractivity contribution in [3.63, 3.8) is 0 Å². The molecule has 108 valence electrons. The maximum atomic E-state index is 12.0. The van der Waals surface area contributed by atoms with E-state index in [1.54, 1.807) is 13.3 Å². The number of carbonyl (C=O) groups excluding carboxylic acids is 1. The van der Waals surface area contributed by atoms with E-state index in [2.05, 4.69) is 20.6 Å². The van der Waals surface area contributed by atoms with E-state index in [1.165, 1.54) is 0 Å². The Morgan fingerprint density at radius 1 is 1.38 bits per heavy atom. The van der Waals surface area contributed by atoms with E-state index in [0.717, 1.165) is 17.8 Å². The molecule has 0 saturated heterocycles. The zero-order chi connectivity index (χ0) is 14.8. The molecule has 0 atom stereocenters. The maximum absolute atomic E-state index is 12.0. The Kier molecular flexibility index (Phi) is 3.43. The third kappa shape index (κ3) is 2.18. The van der Waals surface area contributed by atoms with Crippen LogP contribution in [0.1, 0.15) is 23.0 Å². The average molecular weight is 284 g/mol. The quantitative estimate of drug-likeness (QED) is 0.895. The summed E-state index contributed by atoms with van der Waals surface area (Å²) in [5, 5.41) is 6.00. The van der Waals surface area contributed by atoms with Crippen LogP contribution in [0.2, 0.25) is 0 Å². The largest absolute Gasteiger partial charge is 0.495 e. The molecule has 3 heterocycles. The highest BCUT2D eigenvalue weighted by atomic mass is 16.5. The molecule has 0 radical (unpaired) electrons. The Morgan fingerprint density at radius 3 is 2.90 bits per heavy atom. The highest BCUT2D eigenvalue weighted by Gasteiger charge is 2.30. The topological polar surface area (TPSA) is 76.1 Å². The van der Waals surface area contributed by atoms with Gasteiger partial charge < -0.3 is 15.4 Å². The van der Waals surface area contributed by atoms with Gasteiger partial charge in [-0.25, -0.2) is 4.98 Å². The second-order valence-corrected chi connectivity index (χ2v) is 4.62. The van der Waals surface area contributed by atoms with Crippen molar-refractivity contribution in [1.82, 2.24) is 15.3 Å². The monoisotopic (exact) mass is 284 g/mol. The van der Waals surface area contributed by atoms with E-state index < -0.39 is 0 Å². The van der Waals surface area contributed by atoms with E-state index in [1.807, 2.05) is 25.1 Å². The Bertz CT molecular complexity index is 686. The molecule has 3 rings (SSSR count). The molecule has 1 aliphatic heterocycles. The zero-order valence-corrected chi connectivity index (χ0v) is 11.9. The number of anilines is 1. The summed E-state index contributed by atoms with van der Waals surface area (Å²) in [5.74, 6) is 1.04. The molecular weight excluding hydrogens is 268 g/mol. The normalized spacial score (nSPS) is 12.8. The van der Waals surface area contributed by atoms with Crippen molar-refractivity contribution in [2.75, 3.05) is 19.0 Å². The Morgan fingerprint density at radius 2 is 2.24 bits per heavy atom. The third-order valence-corrected chi connectivity index (χ3v) is 3.34. The Labute approximate surface area is 122 Å². The lowest BCUT2D eigenvalue weighted by molar-refractivity contribution is 0.0963. The molecule has 0 aromatic carbocycles. The fourth-order valence-corrected chi connectivity index (χ4v) is 2.47. The van der Waals surface area contributed by atoms with Crippen LogP contribution in [0.25, 0.3) is 11.3 Å². The van der Waals surface area contributed by atoms with Gasteiger partial charge in [-0.05, 0) is 19.1 Å². The molecule has 2 aromatic heterocycles.